The van der Waals surface area contributed by atoms with Gasteiger partial charge >= 0.3 is 0 Å². The van der Waals surface area contributed by atoms with Crippen molar-refractivity contribution in [1.29, 1.82) is 0 Å². The highest BCUT2D eigenvalue weighted by molar-refractivity contribution is 5.41. The fourth-order valence-corrected chi connectivity index (χ4v) is 2.02. The first-order valence-electron chi connectivity index (χ1n) is 7.15. The van der Waals surface area contributed by atoms with Gasteiger partial charge in [-0.2, -0.15) is 10.1 Å². The Labute approximate surface area is 123 Å². The van der Waals surface area contributed by atoms with Gasteiger partial charge in [-0.25, -0.2) is 9.37 Å². The summed E-state index contributed by atoms with van der Waals surface area (Å²) in [6, 6.07) is 0. The third-order valence-electron chi connectivity index (χ3n) is 3.05. The predicted octanol–water partition coefficient (Wildman–Crippen LogP) is 2.35. The van der Waals surface area contributed by atoms with E-state index in [1.54, 1.807) is 4.68 Å². The van der Waals surface area contributed by atoms with Crippen LogP contribution in [0.2, 0.25) is 0 Å². The van der Waals surface area contributed by atoms with Crippen molar-refractivity contribution < 1.29 is 4.39 Å². The highest BCUT2D eigenvalue weighted by Gasteiger charge is 2.09. The molecule has 2 N–H and O–H groups in total. The molecule has 0 amide bonds. The summed E-state index contributed by atoms with van der Waals surface area (Å²) in [7, 11) is 1.88. The first-order valence-corrected chi connectivity index (χ1v) is 7.15. The molecule has 0 unspecified atom stereocenters. The summed E-state index contributed by atoms with van der Waals surface area (Å²) in [4.78, 5) is 8.07. The second-order valence-electron chi connectivity index (χ2n) is 4.80. The number of anilines is 2. The van der Waals surface area contributed by atoms with Crippen LogP contribution in [-0.2, 0) is 20.0 Å². The second-order valence-corrected chi connectivity index (χ2v) is 4.80. The van der Waals surface area contributed by atoms with E-state index >= 15 is 0 Å². The van der Waals surface area contributed by atoms with Crippen LogP contribution in [0.5, 0.6) is 0 Å². The van der Waals surface area contributed by atoms with Gasteiger partial charge in [0.1, 0.15) is 0 Å². The van der Waals surface area contributed by atoms with E-state index in [0.29, 0.717) is 12.5 Å². The van der Waals surface area contributed by atoms with E-state index in [2.05, 4.69) is 25.7 Å². The maximum absolute atomic E-state index is 13.7. The molecule has 2 aromatic heterocycles. The zero-order valence-electron chi connectivity index (χ0n) is 12.6. The molecule has 0 aliphatic rings. The summed E-state index contributed by atoms with van der Waals surface area (Å²) in [6.07, 6.45) is 4.91. The van der Waals surface area contributed by atoms with Crippen molar-refractivity contribution in [3.05, 3.63) is 29.5 Å². The molecule has 0 aliphatic carbocycles. The highest BCUT2D eigenvalue weighted by atomic mass is 19.1. The maximum Gasteiger partial charge on any atom is 0.224 e. The predicted molar refractivity (Wildman–Crippen MR) is 80.7 cm³/mol. The summed E-state index contributed by atoms with van der Waals surface area (Å²) in [5.41, 5.74) is 2.05. The van der Waals surface area contributed by atoms with E-state index in [9.17, 15) is 4.39 Å². The lowest BCUT2D eigenvalue weighted by Crippen LogP contribution is -2.09. The Morgan fingerprint density at radius 2 is 2.10 bits per heavy atom. The van der Waals surface area contributed by atoms with Gasteiger partial charge < -0.3 is 10.6 Å². The molecule has 2 aromatic rings. The van der Waals surface area contributed by atoms with Crippen LogP contribution in [0.4, 0.5) is 16.2 Å². The molecule has 21 heavy (non-hydrogen) atoms. The number of aromatic nitrogens is 4. The lowest BCUT2D eigenvalue weighted by molar-refractivity contribution is 0.617. The van der Waals surface area contributed by atoms with Gasteiger partial charge in [0.25, 0.3) is 0 Å². The molecule has 2 heterocycles. The van der Waals surface area contributed by atoms with Gasteiger partial charge in [0.05, 0.1) is 11.9 Å². The molecular formula is C14H21FN6. The Hall–Kier alpha value is -2.18. The van der Waals surface area contributed by atoms with Gasteiger partial charge in [-0.15, -0.1) is 0 Å². The molecule has 0 fully saturated rings. The van der Waals surface area contributed by atoms with Gasteiger partial charge in [0, 0.05) is 31.9 Å². The summed E-state index contributed by atoms with van der Waals surface area (Å²) >= 11 is 0. The number of nitrogens with one attached hydrogen (secondary N) is 2. The summed E-state index contributed by atoms with van der Waals surface area (Å²) < 4.78 is 15.5. The van der Waals surface area contributed by atoms with Crippen LogP contribution in [0, 0.1) is 5.82 Å². The van der Waals surface area contributed by atoms with E-state index in [4.69, 9.17) is 0 Å². The molecule has 6 nitrogen and oxygen atoms in total. The van der Waals surface area contributed by atoms with Crippen molar-refractivity contribution in [3.8, 4) is 0 Å². The third kappa shape index (κ3) is 3.90. The van der Waals surface area contributed by atoms with E-state index in [1.807, 2.05) is 27.1 Å². The zero-order valence-corrected chi connectivity index (χ0v) is 12.6. The Kier molecular flexibility index (Phi) is 5.08. The summed E-state index contributed by atoms with van der Waals surface area (Å²) in [6.45, 7) is 5.33. The average molecular weight is 292 g/mol. The lowest BCUT2D eigenvalue weighted by atomic mass is 10.2. The number of hydrogen-bond acceptors (Lipinski definition) is 5. The molecule has 0 aromatic carbocycles. The highest BCUT2D eigenvalue weighted by Crippen LogP contribution is 2.15. The second kappa shape index (κ2) is 7.01. The van der Waals surface area contributed by atoms with Crippen molar-refractivity contribution >= 4 is 11.8 Å². The largest absolute Gasteiger partial charge is 0.363 e. The van der Waals surface area contributed by atoms with Crippen LogP contribution < -0.4 is 10.6 Å². The van der Waals surface area contributed by atoms with E-state index in [-0.39, 0.29) is 5.82 Å². The SMILES string of the molecule is CCCNc1ncc(F)c(NCc2cn(C)nc2CC)n1. The van der Waals surface area contributed by atoms with Crippen molar-refractivity contribution in [2.75, 3.05) is 17.2 Å². The van der Waals surface area contributed by atoms with Gasteiger partial charge in [-0.1, -0.05) is 13.8 Å². The van der Waals surface area contributed by atoms with Crippen LogP contribution in [0.25, 0.3) is 0 Å². The molecule has 0 radical (unpaired) electrons. The van der Waals surface area contributed by atoms with Crippen molar-refractivity contribution in [3.63, 3.8) is 0 Å². The van der Waals surface area contributed by atoms with E-state index < -0.39 is 5.82 Å². The number of halogens is 1. The molecule has 0 bridgehead atoms. The topological polar surface area (TPSA) is 67.7 Å². The number of hydrogen-bond donors (Lipinski definition) is 2. The Morgan fingerprint density at radius 3 is 2.81 bits per heavy atom. The van der Waals surface area contributed by atoms with Crippen molar-refractivity contribution in [2.24, 2.45) is 7.05 Å². The van der Waals surface area contributed by atoms with Gasteiger partial charge in [0.15, 0.2) is 11.6 Å². The number of nitrogens with zero attached hydrogens (tertiary/aromatic N) is 4. The quantitative estimate of drug-likeness (QED) is 0.820. The maximum atomic E-state index is 13.7. The summed E-state index contributed by atoms with van der Waals surface area (Å²) in [5, 5.41) is 10.4. The standard InChI is InChI=1S/C14H21FN6/c1-4-6-16-14-18-8-11(15)13(19-14)17-7-10-9-21(3)20-12(10)5-2/h8-9H,4-7H2,1-3H3,(H2,16,17,18,19). The summed E-state index contributed by atoms with van der Waals surface area (Å²) in [5.74, 6) is 0.177. The molecule has 2 rings (SSSR count). The molecule has 0 saturated heterocycles. The molecule has 0 spiro atoms. The smallest absolute Gasteiger partial charge is 0.224 e. The van der Waals surface area contributed by atoms with Crippen LogP contribution in [0.1, 0.15) is 31.5 Å². The first kappa shape index (κ1) is 15.2. The Balaban J connectivity index is 2.08. The number of rotatable bonds is 7. The average Bonchev–Trinajstić information content (AvgIpc) is 2.85. The first-order chi connectivity index (χ1) is 10.1. The van der Waals surface area contributed by atoms with Gasteiger partial charge in [0.2, 0.25) is 5.95 Å². The zero-order chi connectivity index (χ0) is 15.2. The van der Waals surface area contributed by atoms with Crippen LogP contribution in [-0.4, -0.2) is 26.3 Å². The molecular weight excluding hydrogens is 271 g/mol. The number of aryl methyl sites for hydroxylation is 2. The van der Waals surface area contributed by atoms with Gasteiger partial charge in [-0.05, 0) is 12.8 Å². The Morgan fingerprint density at radius 1 is 1.29 bits per heavy atom. The van der Waals surface area contributed by atoms with Crippen LogP contribution in [0.3, 0.4) is 0 Å². The van der Waals surface area contributed by atoms with E-state index in [0.717, 1.165) is 30.6 Å². The van der Waals surface area contributed by atoms with E-state index in [1.165, 1.54) is 6.20 Å². The normalized spacial score (nSPS) is 10.7. The monoisotopic (exact) mass is 292 g/mol. The third-order valence-corrected chi connectivity index (χ3v) is 3.05. The van der Waals surface area contributed by atoms with Crippen molar-refractivity contribution in [2.45, 2.75) is 33.2 Å². The van der Waals surface area contributed by atoms with Crippen molar-refractivity contribution in [1.82, 2.24) is 19.7 Å². The minimum Gasteiger partial charge on any atom is -0.363 e. The molecule has 0 aliphatic heterocycles. The fourth-order valence-electron chi connectivity index (χ4n) is 2.02. The minimum absolute atomic E-state index is 0.203. The lowest BCUT2D eigenvalue weighted by Gasteiger charge is -2.08. The van der Waals surface area contributed by atoms with Crippen LogP contribution >= 0.6 is 0 Å². The van der Waals surface area contributed by atoms with Crippen LogP contribution in [0.15, 0.2) is 12.4 Å². The molecule has 0 saturated carbocycles. The van der Waals surface area contributed by atoms with Gasteiger partial charge in [-0.3, -0.25) is 4.68 Å². The Bertz CT molecular complexity index is 595. The fraction of sp³-hybridized carbons (Fsp3) is 0.500. The minimum atomic E-state index is -0.459. The molecule has 114 valence electrons. The molecule has 7 heteroatoms. The molecule has 0 atom stereocenters.